The maximum Gasteiger partial charge on any atom is 0.268 e. The molecule has 0 saturated carbocycles. The van der Waals surface area contributed by atoms with E-state index in [4.69, 9.17) is 10.00 Å². The van der Waals surface area contributed by atoms with Gasteiger partial charge in [0.1, 0.15) is 17.4 Å². The van der Waals surface area contributed by atoms with E-state index < -0.39 is 0 Å². The second-order valence-corrected chi connectivity index (χ2v) is 5.91. The highest BCUT2D eigenvalue weighted by molar-refractivity contribution is 5.29. The van der Waals surface area contributed by atoms with Gasteiger partial charge in [-0.3, -0.25) is 4.79 Å². The molecule has 0 aliphatic heterocycles. The lowest BCUT2D eigenvalue weighted by Crippen LogP contribution is -2.27. The summed E-state index contributed by atoms with van der Waals surface area (Å²) in [6.07, 6.45) is 0.711. The molecule has 0 bridgehead atoms. The lowest BCUT2D eigenvalue weighted by atomic mass is 10.1. The molecule has 0 amide bonds. The summed E-state index contributed by atoms with van der Waals surface area (Å²) >= 11 is 0. The van der Waals surface area contributed by atoms with Crippen molar-refractivity contribution < 1.29 is 4.74 Å². The molecule has 2 aromatic rings. The number of nitriles is 1. The molecule has 23 heavy (non-hydrogen) atoms. The van der Waals surface area contributed by atoms with Crippen molar-refractivity contribution in [3.05, 3.63) is 63.6 Å². The van der Waals surface area contributed by atoms with Crippen LogP contribution in [0.15, 0.2) is 41.2 Å². The van der Waals surface area contributed by atoms with Crippen molar-refractivity contribution in [2.24, 2.45) is 0 Å². The van der Waals surface area contributed by atoms with E-state index in [9.17, 15) is 4.79 Å². The third kappa shape index (κ3) is 4.23. The van der Waals surface area contributed by atoms with Crippen molar-refractivity contribution in [1.29, 1.82) is 5.26 Å². The lowest BCUT2D eigenvalue weighted by molar-refractivity contribution is 0.299. The van der Waals surface area contributed by atoms with Gasteiger partial charge in [-0.15, -0.1) is 0 Å². The zero-order valence-electron chi connectivity index (χ0n) is 13.9. The number of benzene rings is 1. The molecule has 0 spiro atoms. The van der Waals surface area contributed by atoms with Crippen molar-refractivity contribution in [1.82, 2.24) is 4.57 Å². The Morgan fingerprint density at radius 2 is 1.87 bits per heavy atom. The number of aryl methyl sites for hydroxylation is 1. The predicted octanol–water partition coefficient (Wildman–Crippen LogP) is 3.62. The Morgan fingerprint density at radius 1 is 1.17 bits per heavy atom. The summed E-state index contributed by atoms with van der Waals surface area (Å²) in [5.74, 6) is 1.06. The number of hydrogen-bond acceptors (Lipinski definition) is 3. The molecular weight excluding hydrogens is 288 g/mol. The molecule has 120 valence electrons. The number of pyridine rings is 1. The molecule has 1 aromatic heterocycles. The fourth-order valence-corrected chi connectivity index (χ4v) is 2.46. The summed E-state index contributed by atoms with van der Waals surface area (Å²) in [7, 11) is 0. The van der Waals surface area contributed by atoms with Gasteiger partial charge in [0, 0.05) is 12.2 Å². The van der Waals surface area contributed by atoms with Gasteiger partial charge in [-0.2, -0.15) is 5.26 Å². The van der Waals surface area contributed by atoms with Gasteiger partial charge in [0.15, 0.2) is 0 Å². The minimum absolute atomic E-state index is 0.189. The molecule has 0 saturated heterocycles. The van der Waals surface area contributed by atoms with E-state index in [0.717, 1.165) is 11.4 Å². The Kier molecular flexibility index (Phi) is 5.59. The average Bonchev–Trinajstić information content (AvgIpc) is 2.54. The monoisotopic (exact) mass is 310 g/mol. The van der Waals surface area contributed by atoms with Crippen LogP contribution in [0.5, 0.6) is 5.75 Å². The highest BCUT2D eigenvalue weighted by atomic mass is 16.5. The second-order valence-electron chi connectivity index (χ2n) is 5.91. The van der Waals surface area contributed by atoms with Gasteiger partial charge < -0.3 is 9.30 Å². The van der Waals surface area contributed by atoms with E-state index >= 15 is 0 Å². The normalized spacial score (nSPS) is 10.6. The molecule has 0 aliphatic rings. The van der Waals surface area contributed by atoms with Crippen molar-refractivity contribution >= 4 is 0 Å². The lowest BCUT2D eigenvalue weighted by Gasteiger charge is -2.16. The van der Waals surface area contributed by atoms with Gasteiger partial charge >= 0.3 is 0 Å². The van der Waals surface area contributed by atoms with Gasteiger partial charge in [-0.1, -0.05) is 31.5 Å². The third-order valence-electron chi connectivity index (χ3n) is 3.74. The molecule has 4 nitrogen and oxygen atoms in total. The van der Waals surface area contributed by atoms with E-state index in [1.165, 1.54) is 5.56 Å². The maximum atomic E-state index is 12.3. The Hall–Kier alpha value is -2.54. The van der Waals surface area contributed by atoms with Crippen LogP contribution in [0.2, 0.25) is 0 Å². The van der Waals surface area contributed by atoms with E-state index in [1.54, 1.807) is 10.6 Å². The maximum absolute atomic E-state index is 12.3. The first kappa shape index (κ1) is 16.8. The van der Waals surface area contributed by atoms with Crippen LogP contribution >= 0.6 is 0 Å². The first-order chi connectivity index (χ1) is 11.0. The summed E-state index contributed by atoms with van der Waals surface area (Å²) in [5, 5.41) is 9.03. The molecule has 0 fully saturated rings. The Balaban J connectivity index is 2.03. The minimum atomic E-state index is -0.214. The SMILES string of the molecule is Cc1ccc(OCCCn2c(C(C)C)ccc(C#N)c2=O)cc1. The molecule has 0 N–H and O–H groups in total. The van der Waals surface area contributed by atoms with Crippen molar-refractivity contribution in [2.45, 2.75) is 39.7 Å². The fraction of sp³-hybridized carbons (Fsp3) is 0.368. The van der Waals surface area contributed by atoms with Gasteiger partial charge in [0.25, 0.3) is 5.56 Å². The molecule has 0 aliphatic carbocycles. The van der Waals surface area contributed by atoms with E-state index in [0.29, 0.717) is 19.6 Å². The summed E-state index contributed by atoms with van der Waals surface area (Å²) in [6, 6.07) is 13.3. The molecular formula is C19H22N2O2. The minimum Gasteiger partial charge on any atom is -0.494 e. The highest BCUT2D eigenvalue weighted by Crippen LogP contribution is 2.14. The van der Waals surface area contributed by atoms with Crippen LogP contribution in [-0.2, 0) is 6.54 Å². The Labute approximate surface area is 137 Å². The number of nitrogens with zero attached hydrogens (tertiary/aromatic N) is 2. The van der Waals surface area contributed by atoms with Gasteiger partial charge in [-0.25, -0.2) is 0 Å². The zero-order valence-corrected chi connectivity index (χ0v) is 13.9. The van der Waals surface area contributed by atoms with Crippen LogP contribution in [0, 0.1) is 18.3 Å². The third-order valence-corrected chi connectivity index (χ3v) is 3.74. The van der Waals surface area contributed by atoms with Crippen molar-refractivity contribution in [2.75, 3.05) is 6.61 Å². The van der Waals surface area contributed by atoms with Crippen LogP contribution in [0.4, 0.5) is 0 Å². The van der Waals surface area contributed by atoms with E-state index in [1.807, 2.05) is 57.2 Å². The molecule has 1 heterocycles. The Morgan fingerprint density at radius 3 is 2.48 bits per heavy atom. The molecule has 1 aromatic carbocycles. The first-order valence-corrected chi connectivity index (χ1v) is 7.86. The van der Waals surface area contributed by atoms with Gasteiger partial charge in [0.05, 0.1) is 6.61 Å². The Bertz CT molecular complexity index is 752. The number of ether oxygens (including phenoxy) is 1. The van der Waals surface area contributed by atoms with Crippen LogP contribution in [0.1, 0.15) is 43.0 Å². The standard InChI is InChI=1S/C19H22N2O2/c1-14(2)18-10-7-16(13-20)19(22)21(18)11-4-12-23-17-8-5-15(3)6-9-17/h5-10,14H,4,11-12H2,1-3H3. The summed E-state index contributed by atoms with van der Waals surface area (Å²) in [5.41, 5.74) is 2.12. The average molecular weight is 310 g/mol. The topological polar surface area (TPSA) is 55.0 Å². The van der Waals surface area contributed by atoms with Gasteiger partial charge in [0.2, 0.25) is 0 Å². The fourth-order valence-electron chi connectivity index (χ4n) is 2.46. The quantitative estimate of drug-likeness (QED) is 0.766. The largest absolute Gasteiger partial charge is 0.494 e. The highest BCUT2D eigenvalue weighted by Gasteiger charge is 2.11. The number of hydrogen-bond donors (Lipinski definition) is 0. The number of aromatic nitrogens is 1. The molecule has 0 atom stereocenters. The zero-order chi connectivity index (χ0) is 16.8. The molecule has 0 radical (unpaired) electrons. The first-order valence-electron chi connectivity index (χ1n) is 7.86. The molecule has 2 rings (SSSR count). The van der Waals surface area contributed by atoms with Crippen molar-refractivity contribution in [3.63, 3.8) is 0 Å². The van der Waals surface area contributed by atoms with E-state index in [-0.39, 0.29) is 17.0 Å². The van der Waals surface area contributed by atoms with Crippen LogP contribution < -0.4 is 10.3 Å². The summed E-state index contributed by atoms with van der Waals surface area (Å²) in [6.45, 7) is 7.20. The smallest absolute Gasteiger partial charge is 0.268 e. The molecule has 4 heteroatoms. The van der Waals surface area contributed by atoms with Gasteiger partial charge in [-0.05, 0) is 43.5 Å². The molecule has 0 unspecified atom stereocenters. The number of rotatable bonds is 6. The van der Waals surface area contributed by atoms with Crippen molar-refractivity contribution in [3.8, 4) is 11.8 Å². The van der Waals surface area contributed by atoms with E-state index in [2.05, 4.69) is 0 Å². The second kappa shape index (κ2) is 7.64. The predicted molar refractivity (Wildman–Crippen MR) is 90.8 cm³/mol. The van der Waals surface area contributed by atoms with Crippen LogP contribution in [0.3, 0.4) is 0 Å². The van der Waals surface area contributed by atoms with Crippen LogP contribution in [-0.4, -0.2) is 11.2 Å². The van der Waals surface area contributed by atoms with Crippen LogP contribution in [0.25, 0.3) is 0 Å². The summed E-state index contributed by atoms with van der Waals surface area (Å²) in [4.78, 5) is 12.3. The summed E-state index contributed by atoms with van der Waals surface area (Å²) < 4.78 is 7.40.